The van der Waals surface area contributed by atoms with Gasteiger partial charge in [0, 0.05) is 63.5 Å². The van der Waals surface area contributed by atoms with E-state index in [0.29, 0.717) is 39.2 Å². The zero-order valence-corrected chi connectivity index (χ0v) is 21.7. The van der Waals surface area contributed by atoms with Crippen molar-refractivity contribution >= 4 is 17.5 Å². The summed E-state index contributed by atoms with van der Waals surface area (Å²) in [7, 11) is 3.99. The normalized spacial score (nSPS) is 24.1. The van der Waals surface area contributed by atoms with Crippen LogP contribution in [0.1, 0.15) is 18.4 Å². The predicted octanol–water partition coefficient (Wildman–Crippen LogP) is 1.09. The zero-order valence-electron chi connectivity index (χ0n) is 21.7. The molecule has 3 heterocycles. The third kappa shape index (κ3) is 7.44. The molecular weight excluding hydrogens is 458 g/mol. The fraction of sp³-hybridized carbons (Fsp3) is 0.630. The quantitative estimate of drug-likeness (QED) is 0.567. The first-order valence-electron chi connectivity index (χ1n) is 13.1. The summed E-state index contributed by atoms with van der Waals surface area (Å²) >= 11 is 0. The number of amides is 2. The number of anilines is 1. The van der Waals surface area contributed by atoms with E-state index in [1.165, 1.54) is 0 Å². The molecule has 0 aliphatic carbocycles. The van der Waals surface area contributed by atoms with Gasteiger partial charge in [0.2, 0.25) is 11.8 Å². The number of likely N-dealkylation sites (N-methyl/N-ethyl adjacent to an activating group) is 1. The van der Waals surface area contributed by atoms with E-state index >= 15 is 0 Å². The Morgan fingerprint density at radius 2 is 2.00 bits per heavy atom. The summed E-state index contributed by atoms with van der Waals surface area (Å²) in [6, 6.07) is 6.28. The molecule has 0 radical (unpaired) electrons. The molecule has 9 heteroatoms. The second kappa shape index (κ2) is 13.1. The molecule has 3 aliphatic rings. The van der Waals surface area contributed by atoms with Crippen LogP contribution in [0, 0.1) is 11.8 Å². The Hall–Kier alpha value is -2.62. The molecule has 0 spiro atoms. The van der Waals surface area contributed by atoms with E-state index in [-0.39, 0.29) is 30.2 Å². The van der Waals surface area contributed by atoms with Crippen LogP contribution >= 0.6 is 0 Å². The number of piperidine rings is 1. The van der Waals surface area contributed by atoms with E-state index < -0.39 is 0 Å². The molecule has 1 aromatic carbocycles. The van der Waals surface area contributed by atoms with Crippen LogP contribution < -0.4 is 20.3 Å². The van der Waals surface area contributed by atoms with Crippen LogP contribution in [0.25, 0.3) is 0 Å². The molecule has 198 valence electrons. The number of rotatable bonds is 6. The number of ether oxygens (including phenoxy) is 2. The predicted molar refractivity (Wildman–Crippen MR) is 140 cm³/mol. The fourth-order valence-electron chi connectivity index (χ4n) is 5.10. The van der Waals surface area contributed by atoms with Crippen molar-refractivity contribution in [2.24, 2.45) is 11.8 Å². The molecule has 0 saturated carbocycles. The Morgan fingerprint density at radius 3 is 2.81 bits per heavy atom. The van der Waals surface area contributed by atoms with Gasteiger partial charge in [0.05, 0.1) is 19.8 Å². The average Bonchev–Trinajstić information content (AvgIpc) is 2.88. The number of carbonyl (C=O) groups is 2. The molecule has 2 fully saturated rings. The van der Waals surface area contributed by atoms with Gasteiger partial charge in [0.1, 0.15) is 12.4 Å². The molecule has 4 rings (SSSR count). The number of fused-ring (bicyclic) bond motifs is 3. The second-order valence-corrected chi connectivity index (χ2v) is 10.1. The minimum Gasteiger partial charge on any atom is -0.489 e. The number of hydrogen-bond donors (Lipinski definition) is 2. The monoisotopic (exact) mass is 499 g/mol. The smallest absolute Gasteiger partial charge is 0.236 e. The summed E-state index contributed by atoms with van der Waals surface area (Å²) in [5.74, 6) is 1.37. The first-order chi connectivity index (χ1) is 17.5. The molecule has 9 nitrogen and oxygen atoms in total. The Bertz CT molecular complexity index is 915. The van der Waals surface area contributed by atoms with Crippen LogP contribution in [0.2, 0.25) is 0 Å². The lowest BCUT2D eigenvalue weighted by atomic mass is 9.82. The summed E-state index contributed by atoms with van der Waals surface area (Å²) in [6.45, 7) is 7.33. The Morgan fingerprint density at radius 1 is 1.17 bits per heavy atom. The van der Waals surface area contributed by atoms with Crippen LogP contribution in [-0.4, -0.2) is 101 Å². The molecular formula is C27H41N5O4. The highest BCUT2D eigenvalue weighted by Gasteiger charge is 2.31. The summed E-state index contributed by atoms with van der Waals surface area (Å²) < 4.78 is 11.6. The molecule has 1 aromatic rings. The summed E-state index contributed by atoms with van der Waals surface area (Å²) in [5.41, 5.74) is 2.20. The van der Waals surface area contributed by atoms with Gasteiger partial charge in [-0.3, -0.25) is 9.59 Å². The van der Waals surface area contributed by atoms with Gasteiger partial charge in [-0.2, -0.15) is 0 Å². The minimum absolute atomic E-state index is 0.0841. The van der Waals surface area contributed by atoms with Gasteiger partial charge in [-0.1, -0.05) is 12.2 Å². The highest BCUT2D eigenvalue weighted by Crippen LogP contribution is 2.29. The van der Waals surface area contributed by atoms with Crippen molar-refractivity contribution in [3.8, 4) is 5.75 Å². The van der Waals surface area contributed by atoms with Gasteiger partial charge in [-0.05, 0) is 50.6 Å². The number of carbonyl (C=O) groups excluding carboxylic acids is 2. The molecule has 0 unspecified atom stereocenters. The SMILES string of the molecule is CN(C)CCNC(=O)C[C@@H]1CCN2C[C@@H]1/C=C/COc1ccc(N3CCOCC3)cc1CNCC2=O. The van der Waals surface area contributed by atoms with E-state index in [4.69, 9.17) is 9.47 Å². The Kier molecular flexibility index (Phi) is 9.60. The van der Waals surface area contributed by atoms with Crippen molar-refractivity contribution in [1.29, 1.82) is 0 Å². The zero-order chi connectivity index (χ0) is 25.3. The van der Waals surface area contributed by atoms with E-state index in [1.54, 1.807) is 0 Å². The molecule has 36 heavy (non-hydrogen) atoms. The molecule has 2 saturated heterocycles. The van der Waals surface area contributed by atoms with Gasteiger partial charge < -0.3 is 34.8 Å². The van der Waals surface area contributed by atoms with E-state index in [1.807, 2.05) is 31.1 Å². The van der Waals surface area contributed by atoms with Crippen molar-refractivity contribution in [1.82, 2.24) is 20.4 Å². The first kappa shape index (κ1) is 26.4. The van der Waals surface area contributed by atoms with Crippen LogP contribution in [-0.2, 0) is 20.9 Å². The van der Waals surface area contributed by atoms with E-state index in [2.05, 4.69) is 38.6 Å². The molecule has 2 N–H and O–H groups in total. The molecule has 2 amide bonds. The largest absolute Gasteiger partial charge is 0.489 e. The number of benzene rings is 1. The molecule has 2 atom stereocenters. The minimum atomic E-state index is 0.0841. The maximum absolute atomic E-state index is 13.0. The highest BCUT2D eigenvalue weighted by molar-refractivity contribution is 5.79. The number of hydrogen-bond acceptors (Lipinski definition) is 7. The van der Waals surface area contributed by atoms with Crippen LogP contribution in [0.5, 0.6) is 5.75 Å². The van der Waals surface area contributed by atoms with Crippen molar-refractivity contribution in [2.75, 3.05) is 84.6 Å². The maximum Gasteiger partial charge on any atom is 0.236 e. The van der Waals surface area contributed by atoms with Crippen molar-refractivity contribution in [3.63, 3.8) is 0 Å². The van der Waals surface area contributed by atoms with Gasteiger partial charge >= 0.3 is 0 Å². The van der Waals surface area contributed by atoms with Crippen LogP contribution in [0.15, 0.2) is 30.4 Å². The highest BCUT2D eigenvalue weighted by atomic mass is 16.5. The lowest BCUT2D eigenvalue weighted by Gasteiger charge is -2.37. The molecule has 0 aromatic heterocycles. The van der Waals surface area contributed by atoms with E-state index in [9.17, 15) is 9.59 Å². The van der Waals surface area contributed by atoms with Gasteiger partial charge in [-0.15, -0.1) is 0 Å². The van der Waals surface area contributed by atoms with Crippen LogP contribution in [0.3, 0.4) is 0 Å². The number of nitrogens with one attached hydrogen (secondary N) is 2. The van der Waals surface area contributed by atoms with Crippen molar-refractivity contribution < 1.29 is 19.1 Å². The second-order valence-electron chi connectivity index (χ2n) is 10.1. The Balaban J connectivity index is 1.42. The van der Waals surface area contributed by atoms with Crippen LogP contribution in [0.4, 0.5) is 5.69 Å². The van der Waals surface area contributed by atoms with E-state index in [0.717, 1.165) is 56.3 Å². The van der Waals surface area contributed by atoms with Crippen molar-refractivity contribution in [2.45, 2.75) is 19.4 Å². The number of morpholine rings is 1. The standard InChI is InChI=1S/C27H41N5O4/c1-30(2)10-8-29-26(33)17-21-7-9-32-20-22(21)4-3-13-36-25-6-5-24(31-11-14-35-15-12-31)16-23(25)18-28-19-27(32)34/h3-6,16,21-22,28H,7-15,17-20H2,1-2H3,(H,29,33)/b4-3+/t21-,22-/m0/s1. The average molecular weight is 500 g/mol. The lowest BCUT2D eigenvalue weighted by Crippen LogP contribution is -2.47. The Labute approximate surface area is 214 Å². The molecule has 3 aliphatic heterocycles. The first-order valence-corrected chi connectivity index (χ1v) is 13.1. The van der Waals surface area contributed by atoms with Gasteiger partial charge in [0.25, 0.3) is 0 Å². The summed E-state index contributed by atoms with van der Waals surface area (Å²) in [6.07, 6.45) is 5.49. The summed E-state index contributed by atoms with van der Waals surface area (Å²) in [4.78, 5) is 31.8. The maximum atomic E-state index is 13.0. The van der Waals surface area contributed by atoms with Gasteiger partial charge in [-0.25, -0.2) is 0 Å². The third-order valence-corrected chi connectivity index (χ3v) is 7.22. The summed E-state index contributed by atoms with van der Waals surface area (Å²) in [5, 5.41) is 6.37. The third-order valence-electron chi connectivity index (χ3n) is 7.22. The number of nitrogens with zero attached hydrogens (tertiary/aromatic N) is 3. The van der Waals surface area contributed by atoms with Crippen molar-refractivity contribution in [3.05, 3.63) is 35.9 Å². The van der Waals surface area contributed by atoms with Gasteiger partial charge in [0.15, 0.2) is 0 Å². The lowest BCUT2D eigenvalue weighted by molar-refractivity contribution is -0.132. The molecule has 2 bridgehead atoms. The fourth-order valence-corrected chi connectivity index (χ4v) is 5.10. The topological polar surface area (TPSA) is 86.4 Å².